The number of hydrogen-bond acceptors (Lipinski definition) is 5. The second-order valence-electron chi connectivity index (χ2n) is 13.1. The van der Waals surface area contributed by atoms with Crippen LogP contribution in [0.1, 0.15) is 67.2 Å². The van der Waals surface area contributed by atoms with E-state index in [1.54, 1.807) is 6.33 Å². The van der Waals surface area contributed by atoms with E-state index >= 15 is 0 Å². The van der Waals surface area contributed by atoms with Gasteiger partial charge in [0.05, 0.1) is 18.1 Å². The van der Waals surface area contributed by atoms with Gasteiger partial charge in [0.15, 0.2) is 5.69 Å². The number of carbonyl (C=O) groups is 2. The quantitative estimate of drug-likeness (QED) is 0.224. The third kappa shape index (κ3) is 6.58. The van der Waals surface area contributed by atoms with Gasteiger partial charge in [-0.2, -0.15) is 0 Å². The summed E-state index contributed by atoms with van der Waals surface area (Å²) in [5.74, 6) is -0.0527. The smallest absolute Gasteiger partial charge is 0.405 e. The first-order chi connectivity index (χ1) is 22.4. The monoisotopic (exact) mass is 619 g/mol. The summed E-state index contributed by atoms with van der Waals surface area (Å²) in [6, 6.07) is 30.7. The molecule has 6 rings (SSSR count). The fraction of sp³-hybridized carbons (Fsp3) is 0.395. The number of aromatic nitrogens is 2. The first kappa shape index (κ1) is 31.5. The largest absolute Gasteiger partial charge is 0.441 e. The van der Waals surface area contributed by atoms with Gasteiger partial charge in [-0.1, -0.05) is 111 Å². The Morgan fingerprint density at radius 1 is 0.913 bits per heavy atom. The lowest BCUT2D eigenvalue weighted by Gasteiger charge is -2.46. The predicted octanol–water partition coefficient (Wildman–Crippen LogP) is 6.72. The summed E-state index contributed by atoms with van der Waals surface area (Å²) < 4.78 is 8.12. The Balaban J connectivity index is 1.38. The Hall–Kier alpha value is -4.43. The number of carbonyl (C=O) groups excluding carboxylic acids is 2. The maximum atomic E-state index is 14.8. The van der Waals surface area contributed by atoms with Crippen LogP contribution in [0.4, 0.5) is 4.79 Å². The van der Waals surface area contributed by atoms with E-state index in [1.807, 2.05) is 47.4 Å². The molecule has 1 aliphatic heterocycles. The number of ether oxygens (including phenoxy) is 1. The van der Waals surface area contributed by atoms with Crippen LogP contribution < -0.4 is 5.73 Å². The average Bonchev–Trinajstić information content (AvgIpc) is 3.51. The molecule has 240 valence electrons. The molecule has 3 atom stereocenters. The van der Waals surface area contributed by atoms with Gasteiger partial charge in [-0.05, 0) is 42.7 Å². The van der Waals surface area contributed by atoms with Crippen molar-refractivity contribution in [1.82, 2.24) is 19.4 Å². The molecule has 2 aliphatic rings. The molecule has 1 aliphatic carbocycles. The van der Waals surface area contributed by atoms with Crippen LogP contribution in [0.25, 0.3) is 11.3 Å². The molecule has 4 aromatic rings. The standard InChI is InChI=1S/C38H45N5O3/c1-28(2)38(46-37(39)45)21-13-12-20-33(38)43-27-40-34(35(43)31-18-10-5-11-19-31)36(44)42-23-22-41(25-30-16-8-4-9-17-30)26-32(42)24-29-14-6-3-7-15-29/h3-11,14-19,27-28,32-33H,12-13,20-26H2,1-2H3,(H2,39,45)/t32-,33+,38+/m1/s1. The third-order valence-corrected chi connectivity index (χ3v) is 9.90. The zero-order valence-electron chi connectivity index (χ0n) is 26.9. The van der Waals surface area contributed by atoms with Crippen LogP contribution in [0.5, 0.6) is 0 Å². The van der Waals surface area contributed by atoms with E-state index in [1.165, 1.54) is 11.1 Å². The van der Waals surface area contributed by atoms with Gasteiger partial charge in [0.2, 0.25) is 0 Å². The SMILES string of the molecule is CC(C)[C@@]1(OC(N)=O)CCCC[C@@H]1n1cnc(C(=O)N2CCN(Cc3ccccc3)C[C@H]2Cc2ccccc2)c1-c1ccccc1. The summed E-state index contributed by atoms with van der Waals surface area (Å²) in [6.45, 7) is 7.15. The van der Waals surface area contributed by atoms with Crippen LogP contribution in [-0.4, -0.2) is 62.6 Å². The summed E-state index contributed by atoms with van der Waals surface area (Å²) in [4.78, 5) is 36.4. The van der Waals surface area contributed by atoms with E-state index in [4.69, 9.17) is 15.5 Å². The molecule has 2 heterocycles. The molecular formula is C38H45N5O3. The molecule has 3 aromatic carbocycles. The van der Waals surface area contributed by atoms with Gasteiger partial charge in [-0.3, -0.25) is 9.69 Å². The molecule has 0 bridgehead atoms. The Bertz CT molecular complexity index is 1610. The van der Waals surface area contributed by atoms with Gasteiger partial charge >= 0.3 is 6.09 Å². The van der Waals surface area contributed by atoms with Crippen molar-refractivity contribution in [3.8, 4) is 11.3 Å². The van der Waals surface area contributed by atoms with Crippen molar-refractivity contribution < 1.29 is 14.3 Å². The van der Waals surface area contributed by atoms with Crippen molar-refractivity contribution in [3.63, 3.8) is 0 Å². The minimum Gasteiger partial charge on any atom is -0.441 e. The molecule has 1 saturated carbocycles. The number of benzene rings is 3. The normalized spacial score (nSPS) is 22.1. The van der Waals surface area contributed by atoms with E-state index in [0.29, 0.717) is 18.7 Å². The van der Waals surface area contributed by atoms with Crippen molar-refractivity contribution in [2.75, 3.05) is 19.6 Å². The highest BCUT2D eigenvalue weighted by Crippen LogP contribution is 2.47. The Labute approximate surface area is 272 Å². The molecule has 2 fully saturated rings. The van der Waals surface area contributed by atoms with Crippen molar-refractivity contribution >= 4 is 12.0 Å². The van der Waals surface area contributed by atoms with Gasteiger partial charge in [0.25, 0.3) is 5.91 Å². The van der Waals surface area contributed by atoms with Crippen LogP contribution in [0.15, 0.2) is 97.3 Å². The van der Waals surface area contributed by atoms with Gasteiger partial charge in [-0.25, -0.2) is 9.78 Å². The lowest BCUT2D eigenvalue weighted by atomic mass is 9.73. The molecule has 0 unspecified atom stereocenters. The van der Waals surface area contributed by atoms with Crippen LogP contribution >= 0.6 is 0 Å². The number of nitrogens with zero attached hydrogens (tertiary/aromatic N) is 4. The van der Waals surface area contributed by atoms with Crippen LogP contribution in [0.3, 0.4) is 0 Å². The molecule has 1 aromatic heterocycles. The lowest BCUT2D eigenvalue weighted by Crippen LogP contribution is -2.55. The highest BCUT2D eigenvalue weighted by atomic mass is 16.6. The number of amides is 2. The number of nitrogens with two attached hydrogens (primary N) is 1. The summed E-state index contributed by atoms with van der Waals surface area (Å²) in [5, 5.41) is 0. The Kier molecular flexibility index (Phi) is 9.54. The van der Waals surface area contributed by atoms with E-state index < -0.39 is 11.7 Å². The first-order valence-electron chi connectivity index (χ1n) is 16.6. The summed E-state index contributed by atoms with van der Waals surface area (Å²) in [5.41, 5.74) is 9.46. The van der Waals surface area contributed by atoms with Gasteiger partial charge in [0.1, 0.15) is 5.60 Å². The van der Waals surface area contributed by atoms with Gasteiger partial charge in [0, 0.05) is 37.8 Å². The molecule has 8 heteroatoms. The fourth-order valence-corrected chi connectivity index (χ4v) is 7.63. The van der Waals surface area contributed by atoms with Crippen molar-refractivity contribution in [3.05, 3.63) is 114 Å². The third-order valence-electron chi connectivity index (χ3n) is 9.90. The summed E-state index contributed by atoms with van der Waals surface area (Å²) >= 11 is 0. The van der Waals surface area contributed by atoms with E-state index in [0.717, 1.165) is 56.6 Å². The Morgan fingerprint density at radius 3 is 2.22 bits per heavy atom. The fourth-order valence-electron chi connectivity index (χ4n) is 7.63. The van der Waals surface area contributed by atoms with Crippen LogP contribution in [0.2, 0.25) is 0 Å². The molecule has 0 radical (unpaired) electrons. The molecule has 46 heavy (non-hydrogen) atoms. The lowest BCUT2D eigenvalue weighted by molar-refractivity contribution is -0.0826. The molecular weight excluding hydrogens is 574 g/mol. The van der Waals surface area contributed by atoms with Crippen molar-refractivity contribution in [2.45, 2.75) is 70.2 Å². The van der Waals surface area contributed by atoms with Crippen molar-refractivity contribution in [1.29, 1.82) is 0 Å². The maximum absolute atomic E-state index is 14.8. The minimum absolute atomic E-state index is 0.0171. The van der Waals surface area contributed by atoms with Crippen LogP contribution in [0, 0.1) is 5.92 Å². The minimum atomic E-state index is -0.798. The molecule has 8 nitrogen and oxygen atoms in total. The second kappa shape index (κ2) is 13.9. The topological polar surface area (TPSA) is 93.7 Å². The molecule has 2 amide bonds. The molecule has 2 N–H and O–H groups in total. The number of piperazine rings is 1. The number of imidazole rings is 1. The zero-order chi connectivity index (χ0) is 32.1. The second-order valence-corrected chi connectivity index (χ2v) is 13.1. The highest BCUT2D eigenvalue weighted by Gasteiger charge is 2.49. The van der Waals surface area contributed by atoms with E-state index in [9.17, 15) is 9.59 Å². The van der Waals surface area contributed by atoms with Gasteiger partial charge < -0.3 is 19.9 Å². The summed E-state index contributed by atoms with van der Waals surface area (Å²) in [6.07, 6.45) is 5.20. The molecule has 0 spiro atoms. The number of rotatable bonds is 9. The maximum Gasteiger partial charge on any atom is 0.405 e. The number of hydrogen-bond donors (Lipinski definition) is 1. The number of primary amides is 1. The van der Waals surface area contributed by atoms with Gasteiger partial charge in [-0.15, -0.1) is 0 Å². The molecule has 1 saturated heterocycles. The average molecular weight is 620 g/mol. The Morgan fingerprint density at radius 2 is 1.57 bits per heavy atom. The van der Waals surface area contributed by atoms with E-state index in [-0.39, 0.29) is 23.9 Å². The van der Waals surface area contributed by atoms with Crippen LogP contribution in [-0.2, 0) is 17.7 Å². The zero-order valence-corrected chi connectivity index (χ0v) is 26.9. The first-order valence-corrected chi connectivity index (χ1v) is 16.6. The predicted molar refractivity (Wildman–Crippen MR) is 180 cm³/mol. The van der Waals surface area contributed by atoms with Crippen molar-refractivity contribution in [2.24, 2.45) is 11.7 Å². The van der Waals surface area contributed by atoms with E-state index in [2.05, 4.69) is 71.8 Å². The highest BCUT2D eigenvalue weighted by molar-refractivity contribution is 5.98. The summed E-state index contributed by atoms with van der Waals surface area (Å²) in [7, 11) is 0.